The maximum absolute atomic E-state index is 14.6. The predicted molar refractivity (Wildman–Crippen MR) is 117 cm³/mol. The normalized spacial score (nSPS) is 22.7. The molecule has 9 nitrogen and oxygen atoms in total. The number of nitrogens with one attached hydrogen (secondary N) is 1. The van der Waals surface area contributed by atoms with Gasteiger partial charge in [-0.3, -0.25) is 9.69 Å². The minimum Gasteiger partial charge on any atom is -0.444 e. The fourth-order valence-electron chi connectivity index (χ4n) is 3.65. The van der Waals surface area contributed by atoms with E-state index in [0.717, 1.165) is 24.0 Å². The lowest BCUT2D eigenvalue weighted by Crippen LogP contribution is -2.53. The molecule has 2 heterocycles. The average molecular weight is 483 g/mol. The van der Waals surface area contributed by atoms with E-state index in [9.17, 15) is 22.4 Å². The molecule has 0 aromatic heterocycles. The lowest BCUT2D eigenvalue weighted by molar-refractivity contribution is -0.201. The summed E-state index contributed by atoms with van der Waals surface area (Å²) >= 11 is 0. The number of sulfone groups is 1. The Morgan fingerprint density at radius 1 is 1.39 bits per heavy atom. The number of carbonyl (C=O) groups is 2. The van der Waals surface area contributed by atoms with Gasteiger partial charge in [0.05, 0.1) is 12.2 Å². The number of ether oxygens (including phenoxy) is 2. The molecule has 180 valence electrons. The van der Waals surface area contributed by atoms with Crippen LogP contribution in [-0.2, 0) is 28.9 Å². The van der Waals surface area contributed by atoms with Crippen LogP contribution in [0, 0.1) is 17.7 Å². The first-order valence-corrected chi connectivity index (χ1v) is 12.4. The maximum Gasteiger partial charge on any atom is 0.414 e. The lowest BCUT2D eigenvalue weighted by Gasteiger charge is -2.29. The number of hydrogen-bond acceptors (Lipinski definition) is 7. The summed E-state index contributed by atoms with van der Waals surface area (Å²) in [6.45, 7) is 3.22. The van der Waals surface area contributed by atoms with Crippen molar-refractivity contribution >= 4 is 27.5 Å². The Balaban J connectivity index is 1.72. The van der Waals surface area contributed by atoms with Crippen molar-refractivity contribution in [3.05, 3.63) is 29.6 Å². The van der Waals surface area contributed by atoms with E-state index in [0.29, 0.717) is 18.6 Å². The van der Waals surface area contributed by atoms with Crippen LogP contribution in [0.3, 0.4) is 0 Å². The second-order valence-electron chi connectivity index (χ2n) is 8.21. The van der Waals surface area contributed by atoms with Gasteiger partial charge >= 0.3 is 6.09 Å². The van der Waals surface area contributed by atoms with Gasteiger partial charge in [0.25, 0.3) is 5.91 Å². The van der Waals surface area contributed by atoms with E-state index >= 15 is 0 Å². The van der Waals surface area contributed by atoms with Crippen molar-refractivity contribution in [1.82, 2.24) is 5.48 Å². The summed E-state index contributed by atoms with van der Waals surface area (Å²) in [5, 5.41) is 0. The molecule has 0 aliphatic carbocycles. The van der Waals surface area contributed by atoms with Crippen molar-refractivity contribution < 1.29 is 36.7 Å². The molecule has 1 aromatic carbocycles. The Bertz CT molecular complexity index is 1080. The van der Waals surface area contributed by atoms with E-state index < -0.39 is 44.8 Å². The topological polar surface area (TPSA) is 111 Å². The Morgan fingerprint density at radius 3 is 2.76 bits per heavy atom. The third kappa shape index (κ3) is 5.63. The van der Waals surface area contributed by atoms with Crippen molar-refractivity contribution in [3.63, 3.8) is 0 Å². The number of benzene rings is 1. The zero-order valence-corrected chi connectivity index (χ0v) is 19.5. The van der Waals surface area contributed by atoms with E-state index in [4.69, 9.17) is 14.3 Å². The summed E-state index contributed by atoms with van der Waals surface area (Å²) in [4.78, 5) is 31.5. The SMILES string of the molecule is CC#Cc1ccc(N2C[C@H](CC(C)(C(=O)NOC3CCCCO3)S(C)(=O)=O)OC2=O)c(F)c1. The Morgan fingerprint density at radius 2 is 2.15 bits per heavy atom. The first-order chi connectivity index (χ1) is 15.5. The molecule has 33 heavy (non-hydrogen) atoms. The van der Waals surface area contributed by atoms with E-state index in [1.165, 1.54) is 19.1 Å². The van der Waals surface area contributed by atoms with Crippen LogP contribution < -0.4 is 10.4 Å². The Hall–Kier alpha value is -2.68. The van der Waals surface area contributed by atoms with Crippen molar-refractivity contribution in [2.24, 2.45) is 0 Å². The Kier molecular flexibility index (Phi) is 7.62. The van der Waals surface area contributed by atoms with Crippen molar-refractivity contribution in [1.29, 1.82) is 0 Å². The predicted octanol–water partition coefficient (Wildman–Crippen LogP) is 2.29. The molecule has 0 saturated carbocycles. The van der Waals surface area contributed by atoms with Crippen molar-refractivity contribution in [3.8, 4) is 11.8 Å². The van der Waals surface area contributed by atoms with Gasteiger partial charge in [-0.05, 0) is 44.9 Å². The van der Waals surface area contributed by atoms with Gasteiger partial charge in [0, 0.05) is 31.3 Å². The van der Waals surface area contributed by atoms with Gasteiger partial charge in [-0.25, -0.2) is 27.9 Å². The molecule has 2 amide bonds. The van der Waals surface area contributed by atoms with E-state index in [1.54, 1.807) is 13.0 Å². The van der Waals surface area contributed by atoms with E-state index in [2.05, 4.69) is 17.3 Å². The van der Waals surface area contributed by atoms with Crippen LogP contribution in [0.25, 0.3) is 0 Å². The zero-order valence-electron chi connectivity index (χ0n) is 18.7. The minimum atomic E-state index is -3.96. The van der Waals surface area contributed by atoms with Crippen LogP contribution in [0.5, 0.6) is 0 Å². The molecule has 2 aliphatic heterocycles. The highest BCUT2D eigenvalue weighted by Crippen LogP contribution is 2.31. The van der Waals surface area contributed by atoms with Gasteiger partial charge in [0.15, 0.2) is 20.9 Å². The van der Waals surface area contributed by atoms with Gasteiger partial charge < -0.3 is 9.47 Å². The molecule has 2 saturated heterocycles. The molecule has 3 rings (SSSR count). The van der Waals surface area contributed by atoms with E-state index in [1.807, 2.05) is 0 Å². The maximum atomic E-state index is 14.6. The number of rotatable bonds is 7. The number of carbonyl (C=O) groups excluding carboxylic acids is 2. The molecule has 2 fully saturated rings. The number of cyclic esters (lactones) is 1. The Labute approximate surface area is 192 Å². The fraction of sp³-hybridized carbons (Fsp3) is 0.545. The quantitative estimate of drug-likeness (QED) is 0.469. The smallest absolute Gasteiger partial charge is 0.414 e. The van der Waals surface area contributed by atoms with Crippen LogP contribution in [0.4, 0.5) is 14.9 Å². The largest absolute Gasteiger partial charge is 0.444 e. The van der Waals surface area contributed by atoms with Gasteiger partial charge in [-0.15, -0.1) is 5.92 Å². The van der Waals surface area contributed by atoms with Crippen LogP contribution in [0.1, 0.15) is 45.1 Å². The summed E-state index contributed by atoms with van der Waals surface area (Å²) in [6.07, 6.45) is 0.434. The fourth-order valence-corrected chi connectivity index (χ4v) is 4.52. The van der Waals surface area contributed by atoms with Crippen LogP contribution in [0.2, 0.25) is 0 Å². The van der Waals surface area contributed by atoms with Gasteiger partial charge in [-0.1, -0.05) is 5.92 Å². The number of amides is 2. The summed E-state index contributed by atoms with van der Waals surface area (Å²) in [6, 6.07) is 4.17. The van der Waals surface area contributed by atoms with Crippen LogP contribution in [-0.4, -0.2) is 57.0 Å². The minimum absolute atomic E-state index is 0.0209. The molecule has 1 N–H and O–H groups in total. The van der Waals surface area contributed by atoms with E-state index in [-0.39, 0.29) is 18.7 Å². The van der Waals surface area contributed by atoms with Gasteiger partial charge in [0.1, 0.15) is 11.9 Å². The van der Waals surface area contributed by atoms with Gasteiger partial charge in [0.2, 0.25) is 0 Å². The molecule has 3 atom stereocenters. The summed E-state index contributed by atoms with van der Waals surface area (Å²) < 4.78 is 48.3. The molecule has 1 aromatic rings. The molecule has 0 spiro atoms. The number of nitrogens with zero attached hydrogens (tertiary/aromatic N) is 1. The van der Waals surface area contributed by atoms with Crippen LogP contribution >= 0.6 is 0 Å². The highest BCUT2D eigenvalue weighted by atomic mass is 32.2. The molecular weight excluding hydrogens is 455 g/mol. The second-order valence-corrected chi connectivity index (χ2v) is 10.7. The van der Waals surface area contributed by atoms with Crippen molar-refractivity contribution in [2.45, 2.75) is 56.7 Å². The summed E-state index contributed by atoms with van der Waals surface area (Å²) in [7, 11) is -3.96. The van der Waals surface area contributed by atoms with Gasteiger partial charge in [-0.2, -0.15) is 0 Å². The first kappa shape index (κ1) is 25.0. The highest BCUT2D eigenvalue weighted by molar-refractivity contribution is 7.92. The lowest BCUT2D eigenvalue weighted by atomic mass is 10.0. The summed E-state index contributed by atoms with van der Waals surface area (Å²) in [5.74, 6) is 3.82. The average Bonchev–Trinajstić information content (AvgIpc) is 3.11. The zero-order chi connectivity index (χ0) is 24.2. The second kappa shape index (κ2) is 10.1. The highest BCUT2D eigenvalue weighted by Gasteiger charge is 2.49. The summed E-state index contributed by atoms with van der Waals surface area (Å²) in [5.41, 5.74) is 2.61. The number of anilines is 1. The first-order valence-electron chi connectivity index (χ1n) is 10.5. The molecule has 0 radical (unpaired) electrons. The number of hydrogen-bond donors (Lipinski definition) is 1. The van der Waals surface area contributed by atoms with Crippen LogP contribution in [0.15, 0.2) is 18.2 Å². The third-order valence-electron chi connectivity index (χ3n) is 5.72. The molecule has 11 heteroatoms. The molecule has 2 unspecified atom stereocenters. The van der Waals surface area contributed by atoms with Crippen molar-refractivity contribution in [2.75, 3.05) is 24.3 Å². The monoisotopic (exact) mass is 482 g/mol. The number of hydroxylamine groups is 1. The third-order valence-corrected chi connectivity index (χ3v) is 7.71. The number of halogens is 1. The molecule has 2 aliphatic rings. The molecule has 0 bridgehead atoms. The standard InChI is InChI=1S/C22H27FN2O7S/c1-4-7-15-9-10-18(17(23)12-15)25-14-16(31-21(25)27)13-22(2,33(3,28)29)20(26)24-32-19-8-5-6-11-30-19/h9-10,12,16,19H,5-6,8,11,13-14H2,1-3H3,(H,24,26)/t16-,19?,22?/m0/s1. The molecular formula is C22H27FN2O7S.